The summed E-state index contributed by atoms with van der Waals surface area (Å²) in [5.74, 6) is -1.40. The number of methoxy groups -OCH3 is 1. The predicted molar refractivity (Wildman–Crippen MR) is 75.9 cm³/mol. The normalized spacial score (nSPS) is 10.4. The summed E-state index contributed by atoms with van der Waals surface area (Å²) in [7, 11) is 1.32. The van der Waals surface area contributed by atoms with Crippen LogP contribution in [0.15, 0.2) is 30.5 Å². The molecule has 1 heterocycles. The molecule has 110 valence electrons. The quantitative estimate of drug-likeness (QED) is 0.854. The van der Waals surface area contributed by atoms with Crippen molar-refractivity contribution >= 4 is 11.9 Å². The summed E-state index contributed by atoms with van der Waals surface area (Å²) in [6, 6.07) is 6.67. The number of aromatic carboxylic acids is 1. The van der Waals surface area contributed by atoms with Gasteiger partial charge < -0.3 is 9.84 Å². The first-order chi connectivity index (χ1) is 10.1. The van der Waals surface area contributed by atoms with E-state index in [0.29, 0.717) is 23.4 Å². The Morgan fingerprint density at radius 2 is 1.95 bits per heavy atom. The molecule has 0 saturated carbocycles. The lowest BCUT2D eigenvalue weighted by molar-refractivity contribution is 0.0600. The molecule has 0 amide bonds. The molecule has 6 nitrogen and oxygen atoms in total. The summed E-state index contributed by atoms with van der Waals surface area (Å²) < 4.78 is 6.23. The second-order valence-electron chi connectivity index (χ2n) is 4.51. The third kappa shape index (κ3) is 2.94. The van der Waals surface area contributed by atoms with E-state index in [-0.39, 0.29) is 5.56 Å². The third-order valence-corrected chi connectivity index (χ3v) is 3.12. The monoisotopic (exact) mass is 288 g/mol. The molecular weight excluding hydrogens is 272 g/mol. The Kier molecular flexibility index (Phi) is 4.37. The van der Waals surface area contributed by atoms with E-state index in [1.54, 1.807) is 28.9 Å². The van der Waals surface area contributed by atoms with Crippen molar-refractivity contribution in [3.05, 3.63) is 47.3 Å². The highest BCUT2D eigenvalue weighted by atomic mass is 16.5. The average molecular weight is 288 g/mol. The van der Waals surface area contributed by atoms with Gasteiger partial charge in [0.1, 0.15) is 5.56 Å². The molecule has 0 saturated heterocycles. The number of aromatic nitrogens is 2. The van der Waals surface area contributed by atoms with Crippen LogP contribution in [0.1, 0.15) is 39.8 Å². The maximum Gasteiger partial charge on any atom is 0.339 e. The average Bonchev–Trinajstić information content (AvgIpc) is 2.91. The molecule has 0 fully saturated rings. The maximum atomic E-state index is 11.4. The molecule has 1 aromatic heterocycles. The van der Waals surface area contributed by atoms with Gasteiger partial charge in [0.2, 0.25) is 0 Å². The number of hydrogen-bond donors (Lipinski definition) is 1. The molecule has 2 aromatic rings. The zero-order valence-corrected chi connectivity index (χ0v) is 11.9. The number of nitrogens with zero attached hydrogens (tertiary/aromatic N) is 2. The molecule has 0 aliphatic heterocycles. The number of esters is 1. The van der Waals surface area contributed by atoms with Crippen LogP contribution < -0.4 is 0 Å². The molecule has 21 heavy (non-hydrogen) atoms. The SMILES string of the molecule is CCCc1c(C(=O)O)cnn1-c1ccc(C(=O)OC)cc1. The van der Waals surface area contributed by atoms with Gasteiger partial charge in [-0.3, -0.25) is 0 Å². The number of hydrogen-bond acceptors (Lipinski definition) is 4. The summed E-state index contributed by atoms with van der Waals surface area (Å²) in [6.07, 6.45) is 2.77. The summed E-state index contributed by atoms with van der Waals surface area (Å²) >= 11 is 0. The van der Waals surface area contributed by atoms with Crippen molar-refractivity contribution in [2.75, 3.05) is 7.11 Å². The van der Waals surface area contributed by atoms with Crippen LogP contribution in [0.2, 0.25) is 0 Å². The number of ether oxygens (including phenoxy) is 1. The maximum absolute atomic E-state index is 11.4. The van der Waals surface area contributed by atoms with E-state index in [1.165, 1.54) is 13.3 Å². The van der Waals surface area contributed by atoms with Crippen molar-refractivity contribution < 1.29 is 19.4 Å². The molecular formula is C15H16N2O4. The smallest absolute Gasteiger partial charge is 0.339 e. The van der Waals surface area contributed by atoms with E-state index >= 15 is 0 Å². The first-order valence-electron chi connectivity index (χ1n) is 6.57. The summed E-state index contributed by atoms with van der Waals surface area (Å²) in [6.45, 7) is 1.98. The number of carbonyl (C=O) groups excluding carboxylic acids is 1. The lowest BCUT2D eigenvalue weighted by Crippen LogP contribution is -2.07. The van der Waals surface area contributed by atoms with Gasteiger partial charge in [-0.05, 0) is 30.7 Å². The first-order valence-corrected chi connectivity index (χ1v) is 6.57. The molecule has 1 aromatic carbocycles. The Morgan fingerprint density at radius 1 is 1.29 bits per heavy atom. The van der Waals surface area contributed by atoms with E-state index in [2.05, 4.69) is 9.84 Å². The van der Waals surface area contributed by atoms with Gasteiger partial charge in [0.05, 0.1) is 30.3 Å². The summed E-state index contributed by atoms with van der Waals surface area (Å²) in [5.41, 5.74) is 1.99. The lowest BCUT2D eigenvalue weighted by atomic mass is 10.1. The number of carboxylic acids is 1. The number of carboxylic acid groups (broad SMARTS) is 1. The van der Waals surface area contributed by atoms with E-state index in [1.807, 2.05) is 6.92 Å². The van der Waals surface area contributed by atoms with Gasteiger partial charge in [0, 0.05) is 0 Å². The molecule has 0 spiro atoms. The molecule has 0 aliphatic carbocycles. The number of carbonyl (C=O) groups is 2. The van der Waals surface area contributed by atoms with Crippen molar-refractivity contribution in [2.45, 2.75) is 19.8 Å². The number of rotatable bonds is 5. The zero-order chi connectivity index (χ0) is 15.4. The highest BCUT2D eigenvalue weighted by Gasteiger charge is 2.17. The molecule has 0 atom stereocenters. The second-order valence-corrected chi connectivity index (χ2v) is 4.51. The van der Waals surface area contributed by atoms with Crippen LogP contribution in [-0.4, -0.2) is 33.9 Å². The van der Waals surface area contributed by atoms with Gasteiger partial charge >= 0.3 is 11.9 Å². The highest BCUT2D eigenvalue weighted by Crippen LogP contribution is 2.18. The Bertz CT molecular complexity index is 659. The molecule has 0 bridgehead atoms. The molecule has 0 unspecified atom stereocenters. The van der Waals surface area contributed by atoms with Crippen LogP contribution in [0.5, 0.6) is 0 Å². The highest BCUT2D eigenvalue weighted by molar-refractivity contribution is 5.90. The van der Waals surface area contributed by atoms with Crippen LogP contribution in [0.4, 0.5) is 0 Å². The molecule has 1 N–H and O–H groups in total. The van der Waals surface area contributed by atoms with Crippen LogP contribution in [0.3, 0.4) is 0 Å². The van der Waals surface area contributed by atoms with Gasteiger partial charge in [0.15, 0.2) is 0 Å². The fourth-order valence-corrected chi connectivity index (χ4v) is 2.11. The molecule has 0 radical (unpaired) electrons. The van der Waals surface area contributed by atoms with Gasteiger partial charge in [-0.15, -0.1) is 0 Å². The number of benzene rings is 1. The molecule has 6 heteroatoms. The van der Waals surface area contributed by atoms with Gasteiger partial charge in [-0.25, -0.2) is 14.3 Å². The lowest BCUT2D eigenvalue weighted by Gasteiger charge is -2.08. The fourth-order valence-electron chi connectivity index (χ4n) is 2.11. The molecule has 0 aliphatic rings. The summed E-state index contributed by atoms with van der Waals surface area (Å²) in [4.78, 5) is 22.6. The Morgan fingerprint density at radius 3 is 2.48 bits per heavy atom. The summed E-state index contributed by atoms with van der Waals surface area (Å²) in [5, 5.41) is 13.3. The van der Waals surface area contributed by atoms with Crippen LogP contribution in [0, 0.1) is 0 Å². The van der Waals surface area contributed by atoms with Crippen molar-refractivity contribution in [3.8, 4) is 5.69 Å². The van der Waals surface area contributed by atoms with Crippen molar-refractivity contribution in [3.63, 3.8) is 0 Å². The second kappa shape index (κ2) is 6.21. The van der Waals surface area contributed by atoms with E-state index in [0.717, 1.165) is 6.42 Å². The zero-order valence-electron chi connectivity index (χ0n) is 11.9. The largest absolute Gasteiger partial charge is 0.478 e. The van der Waals surface area contributed by atoms with Crippen molar-refractivity contribution in [1.29, 1.82) is 0 Å². The fraction of sp³-hybridized carbons (Fsp3) is 0.267. The standard InChI is InChI=1S/C15H16N2O4/c1-3-4-13-12(14(18)19)9-16-17(13)11-7-5-10(6-8-11)15(20)21-2/h5-9H,3-4H2,1-2H3,(H,18,19). The van der Waals surface area contributed by atoms with Crippen LogP contribution in [-0.2, 0) is 11.2 Å². The van der Waals surface area contributed by atoms with Crippen molar-refractivity contribution in [2.24, 2.45) is 0 Å². The van der Waals surface area contributed by atoms with Gasteiger partial charge in [-0.1, -0.05) is 13.3 Å². The first kappa shape index (κ1) is 14.8. The topological polar surface area (TPSA) is 81.4 Å². The van der Waals surface area contributed by atoms with Gasteiger partial charge in [-0.2, -0.15) is 5.10 Å². The molecule has 2 rings (SSSR count). The van der Waals surface area contributed by atoms with E-state index < -0.39 is 11.9 Å². The minimum Gasteiger partial charge on any atom is -0.478 e. The Labute approximate surface area is 122 Å². The third-order valence-electron chi connectivity index (χ3n) is 3.12. The van der Waals surface area contributed by atoms with Crippen LogP contribution in [0.25, 0.3) is 5.69 Å². The minimum absolute atomic E-state index is 0.203. The Hall–Kier alpha value is -2.63. The Balaban J connectivity index is 2.42. The van der Waals surface area contributed by atoms with E-state index in [9.17, 15) is 14.7 Å². The minimum atomic E-state index is -0.990. The van der Waals surface area contributed by atoms with Crippen LogP contribution >= 0.6 is 0 Å². The predicted octanol–water partition coefficient (Wildman–Crippen LogP) is 2.31. The van der Waals surface area contributed by atoms with E-state index in [4.69, 9.17) is 0 Å². The van der Waals surface area contributed by atoms with Crippen molar-refractivity contribution in [1.82, 2.24) is 9.78 Å². The van der Waals surface area contributed by atoms with Gasteiger partial charge in [0.25, 0.3) is 0 Å².